The molecule has 4 N–H and O–H groups in total. The summed E-state index contributed by atoms with van der Waals surface area (Å²) >= 11 is 0. The molecule has 0 aliphatic carbocycles. The molecule has 0 aliphatic heterocycles. The Morgan fingerprint density at radius 1 is 1.64 bits per heavy atom. The molecule has 0 saturated carbocycles. The van der Waals surface area contributed by atoms with Gasteiger partial charge >= 0.3 is 7.60 Å². The van der Waals surface area contributed by atoms with E-state index in [1.54, 1.807) is 6.92 Å². The zero-order valence-corrected chi connectivity index (χ0v) is 7.12. The Kier molecular flexibility index (Phi) is 3.89. The summed E-state index contributed by atoms with van der Waals surface area (Å²) in [4.78, 5) is 27.5. The van der Waals surface area contributed by atoms with E-state index < -0.39 is 25.6 Å². The molecule has 1 unspecified atom stereocenters. The molecule has 0 fully saturated rings. The van der Waals surface area contributed by atoms with Gasteiger partial charge in [0, 0.05) is 0 Å². The molecule has 1 atom stereocenters. The van der Waals surface area contributed by atoms with Crippen LogP contribution in [0.1, 0.15) is 13.3 Å². The molecule has 0 rings (SSSR count). The fourth-order valence-corrected chi connectivity index (χ4v) is 1.19. The summed E-state index contributed by atoms with van der Waals surface area (Å²) in [5.74, 6) is -0.583. The summed E-state index contributed by atoms with van der Waals surface area (Å²) in [6.07, 6.45) is -0.346. The van der Waals surface area contributed by atoms with E-state index in [4.69, 9.17) is 15.5 Å². The number of rotatable bonds is 4. The number of carbonyl (C=O) groups excluding carboxylic acids is 1. The van der Waals surface area contributed by atoms with E-state index in [0.29, 0.717) is 6.42 Å². The van der Waals surface area contributed by atoms with Gasteiger partial charge in [0.05, 0.1) is 6.04 Å². The second-order valence-corrected chi connectivity index (χ2v) is 3.95. The van der Waals surface area contributed by atoms with E-state index in [-0.39, 0.29) is 0 Å². The number of carbonyl (C=O) groups is 1. The number of hydrogen-bond acceptors (Lipinski definition) is 3. The molecule has 66 valence electrons. The Balaban J connectivity index is 3.99. The van der Waals surface area contributed by atoms with Crippen molar-refractivity contribution in [3.63, 3.8) is 0 Å². The number of hydrogen-bond donors (Lipinski definition) is 3. The van der Waals surface area contributed by atoms with Gasteiger partial charge in [0.25, 0.3) is 0 Å². The van der Waals surface area contributed by atoms with Gasteiger partial charge in [-0.2, -0.15) is 0 Å². The van der Waals surface area contributed by atoms with Crippen LogP contribution in [0.15, 0.2) is 0 Å². The van der Waals surface area contributed by atoms with Crippen LogP contribution in [0, 0.1) is 0 Å². The van der Waals surface area contributed by atoms with Crippen molar-refractivity contribution in [3.8, 4) is 0 Å². The molecular weight excluding hydrogens is 169 g/mol. The van der Waals surface area contributed by atoms with Gasteiger partial charge in [-0.15, -0.1) is 0 Å². The molecule has 0 bridgehead atoms. The van der Waals surface area contributed by atoms with Crippen molar-refractivity contribution < 1.29 is 19.1 Å². The molecule has 5 nitrogen and oxygen atoms in total. The van der Waals surface area contributed by atoms with Crippen molar-refractivity contribution >= 4 is 13.4 Å². The highest BCUT2D eigenvalue weighted by molar-refractivity contribution is 7.52. The smallest absolute Gasteiger partial charge is 0.324 e. The van der Waals surface area contributed by atoms with Gasteiger partial charge in [-0.05, 0) is 6.42 Å². The van der Waals surface area contributed by atoms with Crippen molar-refractivity contribution in [1.82, 2.24) is 0 Å². The molecule has 0 saturated heterocycles. The van der Waals surface area contributed by atoms with Gasteiger partial charge in [0.1, 0.15) is 6.16 Å². The summed E-state index contributed by atoms with van der Waals surface area (Å²) in [6, 6.07) is -0.748. The normalized spacial score (nSPS) is 14.5. The lowest BCUT2D eigenvalue weighted by Crippen LogP contribution is -2.31. The van der Waals surface area contributed by atoms with Crippen LogP contribution in [0.5, 0.6) is 0 Å². The zero-order valence-electron chi connectivity index (χ0n) is 6.23. The predicted molar refractivity (Wildman–Crippen MR) is 40.2 cm³/mol. The molecule has 0 radical (unpaired) electrons. The van der Waals surface area contributed by atoms with Crippen LogP contribution in [0.2, 0.25) is 0 Å². The van der Waals surface area contributed by atoms with Crippen molar-refractivity contribution in [2.75, 3.05) is 6.16 Å². The summed E-state index contributed by atoms with van der Waals surface area (Å²) in [6.45, 7) is 1.68. The zero-order chi connectivity index (χ0) is 9.07. The minimum absolute atomic E-state index is 0.402. The topological polar surface area (TPSA) is 101 Å². The summed E-state index contributed by atoms with van der Waals surface area (Å²) < 4.78 is 10.3. The standard InChI is InChI=1S/C5H12NO4P/c1-2-4(6)5(7)3-11(8,9)10/h4H,2-3,6H2,1H3,(H2,8,9,10). The average molecular weight is 181 g/mol. The van der Waals surface area contributed by atoms with E-state index in [1.165, 1.54) is 0 Å². The molecular formula is C5H12NO4P. The second-order valence-electron chi connectivity index (χ2n) is 2.30. The van der Waals surface area contributed by atoms with Crippen LogP contribution in [0.4, 0.5) is 0 Å². The Labute approximate surface area is 64.8 Å². The minimum Gasteiger partial charge on any atom is -0.324 e. The number of ketones is 1. The van der Waals surface area contributed by atoms with Crippen molar-refractivity contribution in [2.24, 2.45) is 5.73 Å². The second kappa shape index (κ2) is 3.97. The largest absolute Gasteiger partial charge is 0.332 e. The fraction of sp³-hybridized carbons (Fsp3) is 0.800. The van der Waals surface area contributed by atoms with E-state index >= 15 is 0 Å². The van der Waals surface area contributed by atoms with Crippen LogP contribution in [0.3, 0.4) is 0 Å². The number of Topliss-reactive ketones (excluding diaryl/α,β-unsaturated/α-hetero) is 1. The van der Waals surface area contributed by atoms with Gasteiger partial charge in [0.2, 0.25) is 0 Å². The monoisotopic (exact) mass is 181 g/mol. The van der Waals surface area contributed by atoms with Gasteiger partial charge in [-0.3, -0.25) is 9.36 Å². The molecule has 0 aromatic carbocycles. The minimum atomic E-state index is -4.22. The first-order valence-electron chi connectivity index (χ1n) is 3.19. The molecule has 0 aromatic rings. The molecule has 6 heteroatoms. The quantitative estimate of drug-likeness (QED) is 0.506. The van der Waals surface area contributed by atoms with E-state index in [2.05, 4.69) is 0 Å². The van der Waals surface area contributed by atoms with Gasteiger partial charge in [0.15, 0.2) is 5.78 Å². The SMILES string of the molecule is CCC(N)C(=O)CP(=O)(O)O. The first kappa shape index (κ1) is 10.8. The molecule has 0 aromatic heterocycles. The number of nitrogens with two attached hydrogens (primary N) is 1. The van der Waals surface area contributed by atoms with Crippen LogP contribution in [0.25, 0.3) is 0 Å². The average Bonchev–Trinajstić information content (AvgIpc) is 1.82. The molecule has 0 amide bonds. The van der Waals surface area contributed by atoms with Crippen LogP contribution >= 0.6 is 7.60 Å². The molecule has 0 aliphatic rings. The third-order valence-electron chi connectivity index (χ3n) is 1.22. The maximum absolute atomic E-state index is 10.8. The maximum Gasteiger partial charge on any atom is 0.332 e. The Hall–Kier alpha value is -0.220. The highest BCUT2D eigenvalue weighted by Crippen LogP contribution is 2.34. The molecule has 0 spiro atoms. The first-order valence-corrected chi connectivity index (χ1v) is 4.99. The lowest BCUT2D eigenvalue weighted by Gasteiger charge is -2.07. The molecule has 0 heterocycles. The van der Waals surface area contributed by atoms with Crippen molar-refractivity contribution in [2.45, 2.75) is 19.4 Å². The summed E-state index contributed by atoms with van der Waals surface area (Å²) in [7, 11) is -4.22. The Morgan fingerprint density at radius 2 is 2.09 bits per heavy atom. The third kappa shape index (κ3) is 5.09. The van der Waals surface area contributed by atoms with Gasteiger partial charge in [-0.1, -0.05) is 6.92 Å². The van der Waals surface area contributed by atoms with Gasteiger partial charge in [-0.25, -0.2) is 0 Å². The van der Waals surface area contributed by atoms with Gasteiger partial charge < -0.3 is 15.5 Å². The van der Waals surface area contributed by atoms with Crippen molar-refractivity contribution in [3.05, 3.63) is 0 Å². The van der Waals surface area contributed by atoms with Crippen LogP contribution < -0.4 is 5.73 Å². The maximum atomic E-state index is 10.8. The summed E-state index contributed by atoms with van der Waals surface area (Å²) in [5.41, 5.74) is 5.23. The van der Waals surface area contributed by atoms with Crippen LogP contribution in [-0.2, 0) is 9.36 Å². The first-order chi connectivity index (χ1) is 4.87. The lowest BCUT2D eigenvalue weighted by atomic mass is 10.2. The predicted octanol–water partition coefficient (Wildman–Crippen LogP) is -0.529. The van der Waals surface area contributed by atoms with Crippen LogP contribution in [-0.4, -0.2) is 27.8 Å². The lowest BCUT2D eigenvalue weighted by molar-refractivity contribution is -0.118. The third-order valence-corrected chi connectivity index (χ3v) is 1.94. The highest BCUT2D eigenvalue weighted by atomic mass is 31.2. The van der Waals surface area contributed by atoms with E-state index in [0.717, 1.165) is 0 Å². The van der Waals surface area contributed by atoms with E-state index in [9.17, 15) is 9.36 Å². The summed E-state index contributed by atoms with van der Waals surface area (Å²) in [5, 5.41) is 0. The Morgan fingerprint density at radius 3 is 2.36 bits per heavy atom. The highest BCUT2D eigenvalue weighted by Gasteiger charge is 2.22. The van der Waals surface area contributed by atoms with Crippen molar-refractivity contribution in [1.29, 1.82) is 0 Å². The fourth-order valence-electron chi connectivity index (χ4n) is 0.548. The molecule has 11 heavy (non-hydrogen) atoms. The Bertz CT molecular complexity index is 187. The van der Waals surface area contributed by atoms with E-state index in [1.807, 2.05) is 0 Å².